The zero-order valence-electron chi connectivity index (χ0n) is 21.1. The molecule has 0 spiro atoms. The van der Waals surface area contributed by atoms with Crippen LogP contribution in [-0.4, -0.2) is 34.6 Å². The number of fused-ring (bicyclic) bond motifs is 2. The van der Waals surface area contributed by atoms with Gasteiger partial charge in [-0.3, -0.25) is 19.2 Å². The minimum atomic E-state index is -0.729. The number of aromatic amines is 1. The Morgan fingerprint density at radius 3 is 2.52 bits per heavy atom. The van der Waals surface area contributed by atoms with Crippen molar-refractivity contribution < 1.29 is 19.1 Å². The van der Waals surface area contributed by atoms with Crippen molar-refractivity contribution in [3.63, 3.8) is 0 Å². The largest absolute Gasteiger partial charge is 0.484 e. The molecule has 1 saturated heterocycles. The molecule has 6 rings (SSSR count). The van der Waals surface area contributed by atoms with Gasteiger partial charge in [-0.15, -0.1) is 0 Å². The Balaban J connectivity index is 1.28. The second-order valence-corrected chi connectivity index (χ2v) is 12.1. The molecule has 4 aromatic rings. The molecule has 3 aromatic carbocycles. The Labute approximate surface area is 242 Å². The number of H-pyrrole nitrogens is 1. The van der Waals surface area contributed by atoms with Gasteiger partial charge in [0.2, 0.25) is 11.8 Å². The third kappa shape index (κ3) is 4.94. The molecule has 0 aliphatic carbocycles. The Bertz CT molecular complexity index is 1680. The summed E-state index contributed by atoms with van der Waals surface area (Å²) in [4.78, 5) is 56.6. The van der Waals surface area contributed by atoms with Crippen LogP contribution in [0.1, 0.15) is 21.9 Å². The zero-order valence-corrected chi connectivity index (χ0v) is 23.4. The fourth-order valence-corrected chi connectivity index (χ4v) is 7.64. The van der Waals surface area contributed by atoms with Crippen LogP contribution in [0.2, 0.25) is 5.02 Å². The van der Waals surface area contributed by atoms with Gasteiger partial charge in [0.15, 0.2) is 6.61 Å². The summed E-state index contributed by atoms with van der Waals surface area (Å²) in [7, 11) is 0. The molecule has 0 bridgehead atoms. The van der Waals surface area contributed by atoms with Gasteiger partial charge in [-0.2, -0.15) is 0 Å². The number of aromatic nitrogens is 1. The van der Waals surface area contributed by atoms with Crippen LogP contribution in [0.25, 0.3) is 0 Å². The van der Waals surface area contributed by atoms with E-state index in [2.05, 4.69) is 10.3 Å². The number of anilines is 2. The van der Waals surface area contributed by atoms with Crippen molar-refractivity contribution in [3.05, 3.63) is 103 Å². The van der Waals surface area contributed by atoms with Gasteiger partial charge < -0.3 is 15.0 Å². The maximum absolute atomic E-state index is 13.8. The Hall–Kier alpha value is -3.86. The lowest BCUT2D eigenvalue weighted by Crippen LogP contribution is -2.32. The average molecular weight is 592 g/mol. The van der Waals surface area contributed by atoms with Crippen LogP contribution >= 0.6 is 34.7 Å². The van der Waals surface area contributed by atoms with Gasteiger partial charge >= 0.3 is 4.87 Å². The third-order valence-corrected chi connectivity index (χ3v) is 9.48. The normalized spacial score (nSPS) is 19.8. The van der Waals surface area contributed by atoms with Crippen molar-refractivity contribution in [1.29, 1.82) is 0 Å². The van der Waals surface area contributed by atoms with Crippen molar-refractivity contribution >= 4 is 63.8 Å². The van der Waals surface area contributed by atoms with Gasteiger partial charge in [0.05, 0.1) is 16.6 Å². The molecule has 8 nitrogen and oxygen atoms in total. The minimum absolute atomic E-state index is 0.214. The zero-order chi connectivity index (χ0) is 28.0. The van der Waals surface area contributed by atoms with Crippen molar-refractivity contribution in [2.75, 3.05) is 16.8 Å². The van der Waals surface area contributed by atoms with Crippen LogP contribution in [-0.2, 0) is 14.4 Å². The molecular formula is C29H22ClN3O5S2. The highest BCUT2D eigenvalue weighted by Crippen LogP contribution is 2.53. The summed E-state index contributed by atoms with van der Waals surface area (Å²) in [5.74, 6) is -1.85. The number of thiazole rings is 1. The van der Waals surface area contributed by atoms with Gasteiger partial charge in [-0.25, -0.2) is 4.90 Å². The monoisotopic (exact) mass is 591 g/mol. The highest BCUT2D eigenvalue weighted by molar-refractivity contribution is 8.00. The molecule has 1 aromatic heterocycles. The number of nitrogens with one attached hydrogen (secondary N) is 2. The molecule has 2 unspecified atom stereocenters. The van der Waals surface area contributed by atoms with Crippen molar-refractivity contribution in [2.45, 2.75) is 23.1 Å². The molecule has 2 aliphatic rings. The molecule has 2 aliphatic heterocycles. The minimum Gasteiger partial charge on any atom is -0.484 e. The molecule has 3 heterocycles. The number of hydrogen-bond donors (Lipinski definition) is 2. The summed E-state index contributed by atoms with van der Waals surface area (Å²) in [6.45, 7) is 1.75. The van der Waals surface area contributed by atoms with Crippen LogP contribution in [0, 0.1) is 12.8 Å². The molecule has 3 atom stereocenters. The molecule has 11 heteroatoms. The quantitative estimate of drug-likeness (QED) is 0.298. The summed E-state index contributed by atoms with van der Waals surface area (Å²) >= 11 is 8.27. The maximum atomic E-state index is 13.8. The number of hydrogen-bond acceptors (Lipinski definition) is 7. The fourth-order valence-electron chi connectivity index (χ4n) is 5.00. The van der Waals surface area contributed by atoms with E-state index in [1.165, 1.54) is 16.7 Å². The SMILES string of the molecule is Cc1ccc(NC(=O)COc2cccc([C@H]3c4sc(=O)[nH]c4SC4C(=O)N(c5ccc(Cl)cc5)C(=O)C43)c2)cc1. The molecular weight excluding hydrogens is 570 g/mol. The summed E-state index contributed by atoms with van der Waals surface area (Å²) in [6, 6.07) is 21.1. The summed E-state index contributed by atoms with van der Waals surface area (Å²) in [5, 5.41) is 3.17. The lowest BCUT2D eigenvalue weighted by molar-refractivity contribution is -0.122. The fraction of sp³-hybridized carbons (Fsp3) is 0.172. The first kappa shape index (κ1) is 26.4. The molecule has 3 amide bonds. The number of thioether (sulfide) groups is 1. The number of amides is 3. The number of carbonyl (C=O) groups excluding carboxylic acids is 3. The Morgan fingerprint density at radius 1 is 1.02 bits per heavy atom. The Kier molecular flexibility index (Phi) is 6.99. The van der Waals surface area contributed by atoms with Gasteiger partial charge in [-0.1, -0.05) is 64.5 Å². The second kappa shape index (κ2) is 10.6. The Morgan fingerprint density at radius 2 is 1.77 bits per heavy atom. The van der Waals surface area contributed by atoms with E-state index in [9.17, 15) is 19.2 Å². The highest BCUT2D eigenvalue weighted by atomic mass is 35.5. The molecule has 0 radical (unpaired) electrons. The van der Waals surface area contributed by atoms with Gasteiger partial charge in [0.25, 0.3) is 5.91 Å². The van der Waals surface area contributed by atoms with E-state index in [-0.39, 0.29) is 29.2 Å². The predicted octanol–water partition coefficient (Wildman–Crippen LogP) is 5.21. The number of ether oxygens (including phenoxy) is 1. The predicted molar refractivity (Wildman–Crippen MR) is 156 cm³/mol. The standard InChI is InChI=1S/C29H22ClN3O5S2/c1-15-5-9-18(10-6-15)31-21(34)14-38-20-4-2-3-16(13-20)22-23-25(39-26-24(22)40-29(37)32-26)28(36)33(27(23)35)19-11-7-17(30)8-12-19/h2-13,22-23,25H,14H2,1H3,(H,31,34)(H,32,37)/t22-,23?,25?/m1/s1. The summed E-state index contributed by atoms with van der Waals surface area (Å²) in [5.41, 5.74) is 2.91. The molecule has 0 saturated carbocycles. The van der Waals surface area contributed by atoms with Crippen LogP contribution in [0.5, 0.6) is 5.75 Å². The number of nitrogens with zero attached hydrogens (tertiary/aromatic N) is 1. The molecule has 40 heavy (non-hydrogen) atoms. The van der Waals surface area contributed by atoms with Crippen LogP contribution in [0.4, 0.5) is 11.4 Å². The highest BCUT2D eigenvalue weighted by Gasteiger charge is 2.56. The van der Waals surface area contributed by atoms with Gasteiger partial charge in [0, 0.05) is 21.5 Å². The van der Waals surface area contributed by atoms with Crippen LogP contribution < -0.4 is 19.8 Å². The molecule has 202 valence electrons. The summed E-state index contributed by atoms with van der Waals surface area (Å²) in [6.07, 6.45) is 0. The van der Waals surface area contributed by atoms with Gasteiger partial charge in [-0.05, 0) is 61.0 Å². The van der Waals surface area contributed by atoms with E-state index in [1.54, 1.807) is 42.5 Å². The maximum Gasteiger partial charge on any atom is 0.305 e. The van der Waals surface area contributed by atoms with Gasteiger partial charge in [0.1, 0.15) is 11.0 Å². The van der Waals surface area contributed by atoms with Crippen LogP contribution in [0.15, 0.2) is 82.6 Å². The van der Waals surface area contributed by atoms with E-state index in [0.29, 0.717) is 37.6 Å². The van der Waals surface area contributed by atoms with E-state index in [4.69, 9.17) is 16.3 Å². The first-order chi connectivity index (χ1) is 19.3. The number of carbonyl (C=O) groups is 3. The van der Waals surface area contributed by atoms with E-state index in [1.807, 2.05) is 37.3 Å². The first-order valence-electron chi connectivity index (χ1n) is 12.4. The van der Waals surface area contributed by atoms with E-state index >= 15 is 0 Å². The number of halogens is 1. The molecule has 2 N–H and O–H groups in total. The average Bonchev–Trinajstić information content (AvgIpc) is 3.43. The summed E-state index contributed by atoms with van der Waals surface area (Å²) < 4.78 is 5.79. The van der Waals surface area contributed by atoms with Crippen molar-refractivity contribution in [2.24, 2.45) is 5.92 Å². The van der Waals surface area contributed by atoms with E-state index < -0.39 is 17.1 Å². The van der Waals surface area contributed by atoms with Crippen LogP contribution in [0.3, 0.4) is 0 Å². The number of aryl methyl sites for hydroxylation is 1. The lowest BCUT2D eigenvalue weighted by Gasteiger charge is -2.30. The van der Waals surface area contributed by atoms with E-state index in [0.717, 1.165) is 16.9 Å². The number of rotatable bonds is 6. The number of imide groups is 1. The van der Waals surface area contributed by atoms with Crippen molar-refractivity contribution in [3.8, 4) is 5.75 Å². The molecule has 1 fully saturated rings. The lowest BCUT2D eigenvalue weighted by atomic mass is 9.83. The number of benzene rings is 3. The smallest absolute Gasteiger partial charge is 0.305 e. The topological polar surface area (TPSA) is 109 Å². The third-order valence-electron chi connectivity index (χ3n) is 6.83. The van der Waals surface area contributed by atoms with Crippen molar-refractivity contribution in [1.82, 2.24) is 4.98 Å². The first-order valence-corrected chi connectivity index (χ1v) is 14.5. The second-order valence-electron chi connectivity index (χ2n) is 9.51.